The van der Waals surface area contributed by atoms with E-state index >= 15 is 0 Å². The Labute approximate surface area is 310 Å². The van der Waals surface area contributed by atoms with Gasteiger partial charge in [0.05, 0.1) is 0 Å². The zero-order chi connectivity index (χ0) is 35.3. The molecule has 2 nitrogen and oxygen atoms in total. The molecule has 0 radical (unpaired) electrons. The maximum atomic E-state index is 6.56. The molecule has 0 N–H and O–H groups in total. The number of para-hydroxylation sites is 1. The Hall–Kier alpha value is -7.16. The SMILES string of the molecule is c1cc(-c2ccc3oc4ccc5ccc6c7ccccc7oc6c5c4c3c2)cc(-c2c3ccccc3c(-c3ccc4ccccc4c3)c3ccccc23)c1. The molecule has 0 unspecified atom stereocenters. The van der Waals surface area contributed by atoms with Crippen LogP contribution >= 0.6 is 0 Å². The number of fused-ring (bicyclic) bond motifs is 12. The number of furan rings is 2. The molecule has 12 aromatic rings. The second-order valence-electron chi connectivity index (χ2n) is 14.4. The summed E-state index contributed by atoms with van der Waals surface area (Å²) in [6.07, 6.45) is 0. The van der Waals surface area contributed by atoms with Crippen molar-refractivity contribution in [2.75, 3.05) is 0 Å². The van der Waals surface area contributed by atoms with Crippen molar-refractivity contribution in [3.05, 3.63) is 182 Å². The minimum Gasteiger partial charge on any atom is -0.456 e. The second kappa shape index (κ2) is 11.2. The smallest absolute Gasteiger partial charge is 0.144 e. The van der Waals surface area contributed by atoms with Gasteiger partial charge in [0.1, 0.15) is 22.3 Å². The monoisotopic (exact) mass is 686 g/mol. The standard InChI is InChI=1S/C52H30O2/c1-2-11-33-28-37(21-20-31(33)10-1)49-41-17-5-3-15-39(41)48(40-16-4-6-18-42(40)49)36-13-9-12-34(29-36)35-24-26-46-44(30-35)51-47(53-46)27-23-32-22-25-43-38-14-7-8-19-45(38)54-52(43)50(32)51/h1-30H. The summed E-state index contributed by atoms with van der Waals surface area (Å²) in [5.41, 5.74) is 10.8. The van der Waals surface area contributed by atoms with Crippen LogP contribution in [0.3, 0.4) is 0 Å². The third-order valence-electron chi connectivity index (χ3n) is 11.4. The first-order chi connectivity index (χ1) is 26.8. The Balaban J connectivity index is 1.07. The summed E-state index contributed by atoms with van der Waals surface area (Å²) in [4.78, 5) is 0. The molecule has 0 aliphatic carbocycles. The van der Waals surface area contributed by atoms with Crippen LogP contribution in [0.5, 0.6) is 0 Å². The van der Waals surface area contributed by atoms with Gasteiger partial charge in [-0.15, -0.1) is 0 Å². The van der Waals surface area contributed by atoms with Gasteiger partial charge in [0.25, 0.3) is 0 Å². The van der Waals surface area contributed by atoms with Gasteiger partial charge in [-0.1, -0.05) is 140 Å². The molecule has 10 aromatic carbocycles. The highest BCUT2D eigenvalue weighted by atomic mass is 16.3. The molecule has 2 aromatic heterocycles. The van der Waals surface area contributed by atoms with Crippen molar-refractivity contribution in [3.8, 4) is 33.4 Å². The van der Waals surface area contributed by atoms with Crippen LogP contribution in [0.25, 0.3) is 120 Å². The maximum Gasteiger partial charge on any atom is 0.144 e. The van der Waals surface area contributed by atoms with Crippen LogP contribution in [0.1, 0.15) is 0 Å². The molecule has 0 aliphatic heterocycles. The van der Waals surface area contributed by atoms with Crippen molar-refractivity contribution in [1.82, 2.24) is 0 Å². The van der Waals surface area contributed by atoms with Gasteiger partial charge in [-0.25, -0.2) is 0 Å². The van der Waals surface area contributed by atoms with E-state index in [9.17, 15) is 0 Å². The van der Waals surface area contributed by atoms with Crippen LogP contribution in [0.15, 0.2) is 191 Å². The number of benzene rings is 10. The Kier molecular flexibility index (Phi) is 6.09. The predicted octanol–water partition coefficient (Wildman–Crippen LogP) is 15.1. The van der Waals surface area contributed by atoms with E-state index in [0.29, 0.717) is 0 Å². The summed E-state index contributed by atoms with van der Waals surface area (Å²) in [5.74, 6) is 0. The van der Waals surface area contributed by atoms with Gasteiger partial charge in [0.15, 0.2) is 0 Å². The summed E-state index contributed by atoms with van der Waals surface area (Å²) in [6, 6.07) is 65.7. The quantitative estimate of drug-likeness (QED) is 0.173. The average molecular weight is 687 g/mol. The minimum atomic E-state index is 0.862. The minimum absolute atomic E-state index is 0.862. The molecule has 0 atom stereocenters. The van der Waals surface area contributed by atoms with Gasteiger partial charge >= 0.3 is 0 Å². The zero-order valence-corrected chi connectivity index (χ0v) is 29.1. The highest BCUT2D eigenvalue weighted by Gasteiger charge is 2.19. The molecule has 0 aliphatic rings. The van der Waals surface area contributed by atoms with Gasteiger partial charge in [0.2, 0.25) is 0 Å². The van der Waals surface area contributed by atoms with Crippen LogP contribution in [0, 0.1) is 0 Å². The molecule has 0 spiro atoms. The summed E-state index contributed by atoms with van der Waals surface area (Å²) in [5, 5.41) is 14.1. The van der Waals surface area contributed by atoms with Crippen molar-refractivity contribution in [2.24, 2.45) is 0 Å². The first-order valence-electron chi connectivity index (χ1n) is 18.5. The Morgan fingerprint density at radius 2 is 0.815 bits per heavy atom. The van der Waals surface area contributed by atoms with Crippen molar-refractivity contribution in [3.63, 3.8) is 0 Å². The lowest BCUT2D eigenvalue weighted by atomic mass is 9.85. The first kappa shape index (κ1) is 29.4. The molecule has 12 rings (SSSR count). The van der Waals surface area contributed by atoms with E-state index in [0.717, 1.165) is 65.8 Å². The lowest BCUT2D eigenvalue weighted by Gasteiger charge is -2.18. The van der Waals surface area contributed by atoms with Gasteiger partial charge in [-0.2, -0.15) is 0 Å². The third-order valence-corrected chi connectivity index (χ3v) is 11.4. The van der Waals surface area contributed by atoms with Gasteiger partial charge in [-0.05, 0) is 114 Å². The first-order valence-corrected chi connectivity index (χ1v) is 18.5. The summed E-state index contributed by atoms with van der Waals surface area (Å²) in [6.45, 7) is 0. The fourth-order valence-corrected chi connectivity index (χ4v) is 8.99. The average Bonchev–Trinajstić information content (AvgIpc) is 3.81. The maximum absolute atomic E-state index is 6.56. The van der Waals surface area contributed by atoms with Gasteiger partial charge in [-0.3, -0.25) is 0 Å². The highest BCUT2D eigenvalue weighted by molar-refractivity contribution is 6.28. The largest absolute Gasteiger partial charge is 0.456 e. The molecule has 54 heavy (non-hydrogen) atoms. The Morgan fingerprint density at radius 1 is 0.259 bits per heavy atom. The molecule has 0 amide bonds. The molecule has 0 bridgehead atoms. The lowest BCUT2D eigenvalue weighted by Crippen LogP contribution is -1.91. The number of hydrogen-bond donors (Lipinski definition) is 0. The molecular weight excluding hydrogens is 657 g/mol. The van der Waals surface area contributed by atoms with Crippen molar-refractivity contribution < 1.29 is 8.83 Å². The second-order valence-corrected chi connectivity index (χ2v) is 14.4. The molecule has 250 valence electrons. The highest BCUT2D eigenvalue weighted by Crippen LogP contribution is 2.46. The van der Waals surface area contributed by atoms with Crippen LogP contribution in [-0.4, -0.2) is 0 Å². The molecule has 0 saturated heterocycles. The Morgan fingerprint density at radius 3 is 1.59 bits per heavy atom. The van der Waals surface area contributed by atoms with E-state index in [4.69, 9.17) is 8.83 Å². The molecule has 2 heteroatoms. The Bertz CT molecular complexity index is 3450. The number of rotatable bonds is 3. The van der Waals surface area contributed by atoms with Crippen molar-refractivity contribution >= 4 is 87.0 Å². The van der Waals surface area contributed by atoms with E-state index in [2.05, 4.69) is 170 Å². The van der Waals surface area contributed by atoms with E-state index in [-0.39, 0.29) is 0 Å². The topological polar surface area (TPSA) is 26.3 Å². The van der Waals surface area contributed by atoms with Crippen LogP contribution in [0.2, 0.25) is 0 Å². The summed E-state index contributed by atoms with van der Waals surface area (Å²) >= 11 is 0. The predicted molar refractivity (Wildman–Crippen MR) is 227 cm³/mol. The molecule has 0 fully saturated rings. The lowest BCUT2D eigenvalue weighted by molar-refractivity contribution is 0.668. The fourth-order valence-electron chi connectivity index (χ4n) is 8.99. The van der Waals surface area contributed by atoms with Crippen molar-refractivity contribution in [2.45, 2.75) is 0 Å². The van der Waals surface area contributed by atoms with Crippen molar-refractivity contribution in [1.29, 1.82) is 0 Å². The molecule has 2 heterocycles. The zero-order valence-electron chi connectivity index (χ0n) is 29.1. The third kappa shape index (κ3) is 4.22. The molecule has 0 saturated carbocycles. The van der Waals surface area contributed by atoms with E-state index in [1.54, 1.807) is 0 Å². The summed E-state index contributed by atoms with van der Waals surface area (Å²) < 4.78 is 13.0. The fraction of sp³-hybridized carbons (Fsp3) is 0. The van der Waals surface area contributed by atoms with E-state index < -0.39 is 0 Å². The van der Waals surface area contributed by atoms with Gasteiger partial charge < -0.3 is 8.83 Å². The normalized spacial score (nSPS) is 12.1. The van der Waals surface area contributed by atoms with Gasteiger partial charge in [0, 0.05) is 26.9 Å². The van der Waals surface area contributed by atoms with Crippen LogP contribution in [0.4, 0.5) is 0 Å². The van der Waals surface area contributed by atoms with E-state index in [1.807, 2.05) is 12.1 Å². The summed E-state index contributed by atoms with van der Waals surface area (Å²) in [7, 11) is 0. The van der Waals surface area contributed by atoms with Crippen LogP contribution in [-0.2, 0) is 0 Å². The number of hydrogen-bond acceptors (Lipinski definition) is 2. The van der Waals surface area contributed by atoms with Crippen LogP contribution < -0.4 is 0 Å². The molecular formula is C52H30O2. The van der Waals surface area contributed by atoms with E-state index in [1.165, 1.54) is 54.6 Å².